The second-order valence-electron chi connectivity index (χ2n) is 3.29. The Hall–Kier alpha value is -2.57. The number of hydrogen-bond acceptors (Lipinski definition) is 5. The van der Waals surface area contributed by atoms with Gasteiger partial charge in [0.05, 0.1) is 18.4 Å². The van der Waals surface area contributed by atoms with Crippen LogP contribution in [0.2, 0.25) is 0 Å². The lowest BCUT2D eigenvalue weighted by atomic mass is 10.2. The van der Waals surface area contributed by atoms with E-state index in [1.165, 1.54) is 6.08 Å². The van der Waals surface area contributed by atoms with Gasteiger partial charge in [0.1, 0.15) is 0 Å². The van der Waals surface area contributed by atoms with Gasteiger partial charge < -0.3 is 0 Å². The molecule has 0 unspecified atom stereocenters. The number of amides is 1. The molecule has 18 heavy (non-hydrogen) atoms. The third-order valence-corrected chi connectivity index (χ3v) is 2.07. The van der Waals surface area contributed by atoms with Crippen LogP contribution >= 0.6 is 0 Å². The normalized spacial score (nSPS) is 10.0. The number of nitroso groups, excluding NO2 is 2. The molecule has 1 N–H and O–H groups in total. The van der Waals surface area contributed by atoms with Crippen molar-refractivity contribution in [1.82, 2.24) is 10.4 Å². The van der Waals surface area contributed by atoms with Gasteiger partial charge in [0.25, 0.3) is 5.91 Å². The first-order valence-electron chi connectivity index (χ1n) is 5.21. The average Bonchev–Trinajstić information content (AvgIpc) is 2.42. The summed E-state index contributed by atoms with van der Waals surface area (Å²) in [5.74, 6) is -0.554. The van der Waals surface area contributed by atoms with Crippen LogP contribution in [0, 0.1) is 9.81 Å². The third-order valence-electron chi connectivity index (χ3n) is 2.07. The van der Waals surface area contributed by atoms with Gasteiger partial charge in [-0.05, 0) is 11.6 Å². The zero-order valence-electron chi connectivity index (χ0n) is 9.52. The molecule has 0 aliphatic carbocycles. The Balaban J connectivity index is 2.54. The molecule has 94 valence electrons. The Morgan fingerprint density at radius 3 is 2.61 bits per heavy atom. The first-order valence-corrected chi connectivity index (χ1v) is 5.21. The molecule has 0 heterocycles. The topological polar surface area (TPSA) is 91.2 Å². The van der Waals surface area contributed by atoms with E-state index in [0.29, 0.717) is 5.01 Å². The SMILES string of the molecule is O=NNCCN(N=O)C(=O)C=Cc1ccccc1. The van der Waals surface area contributed by atoms with E-state index in [4.69, 9.17) is 0 Å². The van der Waals surface area contributed by atoms with Gasteiger partial charge in [-0.15, -0.1) is 9.81 Å². The maximum absolute atomic E-state index is 11.6. The van der Waals surface area contributed by atoms with Crippen molar-refractivity contribution < 1.29 is 4.79 Å². The van der Waals surface area contributed by atoms with Gasteiger partial charge >= 0.3 is 0 Å². The van der Waals surface area contributed by atoms with Gasteiger partial charge in [0, 0.05) is 11.4 Å². The molecule has 0 radical (unpaired) electrons. The van der Waals surface area contributed by atoms with Gasteiger partial charge in [-0.3, -0.25) is 10.2 Å². The molecule has 7 heteroatoms. The first kappa shape index (κ1) is 13.5. The van der Waals surface area contributed by atoms with Gasteiger partial charge in [0.2, 0.25) is 0 Å². The van der Waals surface area contributed by atoms with Crippen molar-refractivity contribution in [2.24, 2.45) is 10.6 Å². The van der Waals surface area contributed by atoms with Crippen LogP contribution in [0.3, 0.4) is 0 Å². The van der Waals surface area contributed by atoms with Gasteiger partial charge in [-0.1, -0.05) is 30.3 Å². The fourth-order valence-corrected chi connectivity index (χ4v) is 1.21. The highest BCUT2D eigenvalue weighted by Gasteiger charge is 2.09. The Morgan fingerprint density at radius 1 is 1.28 bits per heavy atom. The van der Waals surface area contributed by atoms with Crippen LogP contribution in [-0.2, 0) is 4.79 Å². The fraction of sp³-hybridized carbons (Fsp3) is 0.182. The van der Waals surface area contributed by atoms with Crippen molar-refractivity contribution in [2.45, 2.75) is 0 Å². The molecular formula is C11H12N4O3. The molecule has 1 aromatic rings. The number of carbonyl (C=O) groups excluding carboxylic acids is 1. The van der Waals surface area contributed by atoms with Crippen molar-refractivity contribution in [3.63, 3.8) is 0 Å². The molecule has 0 atom stereocenters. The summed E-state index contributed by atoms with van der Waals surface area (Å²) in [6, 6.07) is 9.16. The molecule has 7 nitrogen and oxygen atoms in total. The van der Waals surface area contributed by atoms with Crippen molar-refractivity contribution in [2.75, 3.05) is 13.1 Å². The van der Waals surface area contributed by atoms with Crippen LogP contribution < -0.4 is 5.43 Å². The number of carbonyl (C=O) groups is 1. The van der Waals surface area contributed by atoms with Crippen molar-refractivity contribution in [3.05, 3.63) is 51.8 Å². The fourth-order valence-electron chi connectivity index (χ4n) is 1.21. The van der Waals surface area contributed by atoms with Crippen LogP contribution in [0.1, 0.15) is 5.56 Å². The Kier molecular flexibility index (Phi) is 5.74. The zero-order valence-corrected chi connectivity index (χ0v) is 9.52. The second kappa shape index (κ2) is 7.66. The van der Waals surface area contributed by atoms with E-state index < -0.39 is 5.91 Å². The quantitative estimate of drug-likeness (QED) is 0.342. The highest BCUT2D eigenvalue weighted by molar-refractivity contribution is 5.91. The number of rotatable bonds is 7. The zero-order chi connectivity index (χ0) is 13.2. The Bertz CT molecular complexity index is 433. The van der Waals surface area contributed by atoms with Gasteiger partial charge in [-0.25, -0.2) is 0 Å². The Labute approximate surface area is 103 Å². The summed E-state index contributed by atoms with van der Waals surface area (Å²) >= 11 is 0. The van der Waals surface area contributed by atoms with E-state index in [9.17, 15) is 14.6 Å². The van der Waals surface area contributed by atoms with Crippen LogP contribution in [-0.4, -0.2) is 24.0 Å². The summed E-state index contributed by atoms with van der Waals surface area (Å²) in [5.41, 5.74) is 2.93. The molecule has 1 rings (SSSR count). The van der Waals surface area contributed by atoms with Gasteiger partial charge in [0.15, 0.2) is 0 Å². The first-order chi connectivity index (χ1) is 8.77. The molecule has 0 spiro atoms. The smallest absolute Gasteiger partial charge is 0.269 e. The maximum atomic E-state index is 11.6. The largest absolute Gasteiger partial charge is 0.272 e. The van der Waals surface area contributed by atoms with E-state index in [2.05, 4.69) is 16.0 Å². The molecule has 0 saturated heterocycles. The summed E-state index contributed by atoms with van der Waals surface area (Å²) in [6.45, 7) is 0.0490. The number of hydrogen-bond donors (Lipinski definition) is 1. The summed E-state index contributed by atoms with van der Waals surface area (Å²) < 4.78 is 0. The lowest BCUT2D eigenvalue weighted by Crippen LogP contribution is -2.30. The minimum Gasteiger partial charge on any atom is -0.272 e. The molecule has 0 bridgehead atoms. The highest BCUT2D eigenvalue weighted by Crippen LogP contribution is 2.02. The molecule has 0 aliphatic rings. The van der Waals surface area contributed by atoms with E-state index in [1.807, 2.05) is 30.3 Å². The number of nitrogens with one attached hydrogen (secondary N) is 1. The molecule has 1 aromatic carbocycles. The molecule has 0 aliphatic heterocycles. The minimum atomic E-state index is -0.554. The summed E-state index contributed by atoms with van der Waals surface area (Å²) in [5, 5.41) is 5.67. The van der Waals surface area contributed by atoms with Crippen molar-refractivity contribution in [3.8, 4) is 0 Å². The summed E-state index contributed by atoms with van der Waals surface area (Å²) in [4.78, 5) is 31.8. The standard InChI is InChI=1S/C11H12N4O3/c16-11(15(14-18)9-8-12-13-17)7-6-10-4-2-1-3-5-10/h1-7H,8-9H2,(H,12,17). The lowest BCUT2D eigenvalue weighted by molar-refractivity contribution is -0.126. The molecule has 0 saturated carbocycles. The van der Waals surface area contributed by atoms with Crippen LogP contribution in [0.15, 0.2) is 47.0 Å². The summed E-state index contributed by atoms with van der Waals surface area (Å²) in [6.07, 6.45) is 2.82. The van der Waals surface area contributed by atoms with E-state index in [0.717, 1.165) is 5.56 Å². The van der Waals surface area contributed by atoms with Gasteiger partial charge in [-0.2, -0.15) is 5.01 Å². The van der Waals surface area contributed by atoms with Crippen molar-refractivity contribution in [1.29, 1.82) is 0 Å². The minimum absolute atomic E-state index is 0.0206. The average molecular weight is 248 g/mol. The maximum Gasteiger partial charge on any atom is 0.269 e. The third kappa shape index (κ3) is 4.52. The second-order valence-corrected chi connectivity index (χ2v) is 3.29. The van der Waals surface area contributed by atoms with Crippen LogP contribution in [0.5, 0.6) is 0 Å². The predicted octanol–water partition coefficient (Wildman–Crippen LogP) is 1.48. The molecule has 1 amide bonds. The van der Waals surface area contributed by atoms with E-state index in [-0.39, 0.29) is 13.1 Å². The number of benzene rings is 1. The summed E-state index contributed by atoms with van der Waals surface area (Å²) in [7, 11) is 0. The molecular weight excluding hydrogens is 236 g/mol. The monoisotopic (exact) mass is 248 g/mol. The number of nitrogens with zero attached hydrogens (tertiary/aromatic N) is 3. The lowest BCUT2D eigenvalue weighted by Gasteiger charge is -2.09. The van der Waals surface area contributed by atoms with Crippen molar-refractivity contribution >= 4 is 12.0 Å². The predicted molar refractivity (Wildman–Crippen MR) is 66.8 cm³/mol. The Morgan fingerprint density at radius 2 is 2.00 bits per heavy atom. The molecule has 0 fully saturated rings. The van der Waals surface area contributed by atoms with E-state index in [1.54, 1.807) is 6.08 Å². The highest BCUT2D eigenvalue weighted by atomic mass is 16.3. The van der Waals surface area contributed by atoms with E-state index >= 15 is 0 Å². The molecule has 0 aromatic heterocycles. The van der Waals surface area contributed by atoms with Crippen LogP contribution in [0.25, 0.3) is 6.08 Å². The van der Waals surface area contributed by atoms with Crippen LogP contribution in [0.4, 0.5) is 0 Å².